The number of likely N-dealkylation sites (tertiary alicyclic amines) is 1. The second-order valence-corrected chi connectivity index (χ2v) is 5.45. The van der Waals surface area contributed by atoms with Gasteiger partial charge in [-0.15, -0.1) is 0 Å². The van der Waals surface area contributed by atoms with Crippen LogP contribution in [0.4, 0.5) is 0 Å². The molecule has 6 heteroatoms. The molecule has 2 unspecified atom stereocenters. The largest absolute Gasteiger partial charge is 0.351 e. The van der Waals surface area contributed by atoms with E-state index in [0.717, 1.165) is 30.7 Å². The van der Waals surface area contributed by atoms with Gasteiger partial charge in [-0.1, -0.05) is 0 Å². The van der Waals surface area contributed by atoms with Crippen molar-refractivity contribution in [2.75, 3.05) is 13.6 Å². The van der Waals surface area contributed by atoms with Gasteiger partial charge >= 0.3 is 0 Å². The number of aryl methyl sites for hydroxylation is 1. The lowest BCUT2D eigenvalue weighted by Gasteiger charge is -2.22. The number of nitrogens with zero attached hydrogens (tertiary/aromatic N) is 2. The molecule has 1 aromatic heterocycles. The van der Waals surface area contributed by atoms with Gasteiger partial charge in [0.05, 0.1) is 18.1 Å². The summed E-state index contributed by atoms with van der Waals surface area (Å²) in [6.07, 6.45) is 4.51. The number of fused-ring (bicyclic) bond motifs is 1. The van der Waals surface area contributed by atoms with Crippen molar-refractivity contribution in [1.29, 1.82) is 0 Å². The minimum Gasteiger partial charge on any atom is -0.351 e. The summed E-state index contributed by atoms with van der Waals surface area (Å²) < 4.78 is 0. The van der Waals surface area contributed by atoms with Crippen molar-refractivity contribution < 1.29 is 9.59 Å². The van der Waals surface area contributed by atoms with Gasteiger partial charge in [0.25, 0.3) is 0 Å². The standard InChI is InChI=1S/C13H18N4O2/c1-17-6-9(5-12(17)18)16-13(19)8-2-3-10-11(4-8)15-7-14-10/h7-9H,2-6H2,1H3,(H,14,15)(H,16,19). The lowest BCUT2D eigenvalue weighted by atomic mass is 9.89. The Kier molecular flexibility index (Phi) is 3.00. The molecule has 2 aliphatic rings. The smallest absolute Gasteiger partial charge is 0.224 e. The fourth-order valence-corrected chi connectivity index (χ4v) is 2.90. The zero-order valence-corrected chi connectivity index (χ0v) is 11.0. The molecule has 1 aliphatic heterocycles. The van der Waals surface area contributed by atoms with Crippen LogP contribution >= 0.6 is 0 Å². The van der Waals surface area contributed by atoms with Gasteiger partial charge in [0.15, 0.2) is 0 Å². The molecule has 2 atom stereocenters. The van der Waals surface area contributed by atoms with Gasteiger partial charge in [-0.25, -0.2) is 4.98 Å². The first-order chi connectivity index (χ1) is 9.13. The summed E-state index contributed by atoms with van der Waals surface area (Å²) in [7, 11) is 1.77. The lowest BCUT2D eigenvalue weighted by Crippen LogP contribution is -2.41. The predicted octanol–water partition coefficient (Wildman–Crippen LogP) is -0.138. The number of aromatic amines is 1. The summed E-state index contributed by atoms with van der Waals surface area (Å²) in [6, 6.07) is -0.0341. The van der Waals surface area contributed by atoms with E-state index < -0.39 is 0 Å². The van der Waals surface area contributed by atoms with Crippen LogP contribution in [0.25, 0.3) is 0 Å². The molecular weight excluding hydrogens is 244 g/mol. The molecule has 0 radical (unpaired) electrons. The van der Waals surface area contributed by atoms with Gasteiger partial charge in [0.2, 0.25) is 11.8 Å². The SMILES string of the molecule is CN1CC(NC(=O)C2CCc3nc[nH]c3C2)CC1=O. The first kappa shape index (κ1) is 12.2. The van der Waals surface area contributed by atoms with E-state index in [4.69, 9.17) is 0 Å². The third kappa shape index (κ3) is 2.34. The van der Waals surface area contributed by atoms with Gasteiger partial charge < -0.3 is 15.2 Å². The number of likely N-dealkylation sites (N-methyl/N-ethyl adjacent to an activating group) is 1. The predicted molar refractivity (Wildman–Crippen MR) is 68.3 cm³/mol. The van der Waals surface area contributed by atoms with Crippen LogP contribution < -0.4 is 5.32 Å². The molecule has 1 saturated heterocycles. The number of carbonyl (C=O) groups excluding carboxylic acids is 2. The monoisotopic (exact) mass is 262 g/mol. The zero-order valence-electron chi connectivity index (χ0n) is 11.0. The number of imidazole rings is 1. The molecule has 0 saturated carbocycles. The highest BCUT2D eigenvalue weighted by Crippen LogP contribution is 2.23. The number of aromatic nitrogens is 2. The highest BCUT2D eigenvalue weighted by atomic mass is 16.2. The van der Waals surface area contributed by atoms with E-state index in [1.54, 1.807) is 18.3 Å². The molecule has 2 heterocycles. The number of hydrogen-bond acceptors (Lipinski definition) is 3. The zero-order chi connectivity index (χ0) is 13.4. The molecule has 2 N–H and O–H groups in total. The normalized spacial score (nSPS) is 26.4. The van der Waals surface area contributed by atoms with E-state index in [0.29, 0.717) is 13.0 Å². The van der Waals surface area contributed by atoms with E-state index in [2.05, 4.69) is 15.3 Å². The average molecular weight is 262 g/mol. The molecule has 1 aliphatic carbocycles. The Labute approximate surface area is 111 Å². The van der Waals surface area contributed by atoms with Crippen LogP contribution in [0, 0.1) is 5.92 Å². The van der Waals surface area contributed by atoms with Gasteiger partial charge in [-0.05, 0) is 12.8 Å². The van der Waals surface area contributed by atoms with Crippen LogP contribution in [-0.2, 0) is 22.4 Å². The number of amides is 2. The van der Waals surface area contributed by atoms with Crippen molar-refractivity contribution in [3.8, 4) is 0 Å². The van der Waals surface area contributed by atoms with Crippen LogP contribution in [-0.4, -0.2) is 46.3 Å². The van der Waals surface area contributed by atoms with E-state index in [1.807, 2.05) is 0 Å². The minimum absolute atomic E-state index is 0.00559. The Hall–Kier alpha value is -1.85. The Morgan fingerprint density at radius 3 is 3.11 bits per heavy atom. The third-order valence-electron chi connectivity index (χ3n) is 4.05. The summed E-state index contributed by atoms with van der Waals surface area (Å²) in [5, 5.41) is 3.00. The van der Waals surface area contributed by atoms with Gasteiger partial charge in [0.1, 0.15) is 0 Å². The van der Waals surface area contributed by atoms with Crippen molar-refractivity contribution >= 4 is 11.8 Å². The average Bonchev–Trinajstić information content (AvgIpc) is 2.96. The summed E-state index contributed by atoms with van der Waals surface area (Å²) in [6.45, 7) is 0.618. The fourth-order valence-electron chi connectivity index (χ4n) is 2.90. The number of carbonyl (C=O) groups is 2. The Bertz CT molecular complexity index is 510. The number of rotatable bonds is 2. The van der Waals surface area contributed by atoms with E-state index in [9.17, 15) is 9.59 Å². The van der Waals surface area contributed by atoms with E-state index >= 15 is 0 Å². The van der Waals surface area contributed by atoms with Crippen LogP contribution in [0.1, 0.15) is 24.2 Å². The lowest BCUT2D eigenvalue weighted by molar-refractivity contribution is -0.126. The van der Waals surface area contributed by atoms with Crippen molar-refractivity contribution in [3.63, 3.8) is 0 Å². The maximum atomic E-state index is 12.2. The number of hydrogen-bond donors (Lipinski definition) is 2. The van der Waals surface area contributed by atoms with Gasteiger partial charge in [-0.2, -0.15) is 0 Å². The fraction of sp³-hybridized carbons (Fsp3) is 0.615. The number of H-pyrrole nitrogens is 1. The summed E-state index contributed by atoms with van der Waals surface area (Å²) in [5.74, 6) is 0.159. The third-order valence-corrected chi connectivity index (χ3v) is 4.05. The van der Waals surface area contributed by atoms with Crippen molar-refractivity contribution in [2.45, 2.75) is 31.7 Å². The minimum atomic E-state index is -0.0341. The van der Waals surface area contributed by atoms with Crippen LogP contribution in [0.2, 0.25) is 0 Å². The summed E-state index contributed by atoms with van der Waals surface area (Å²) >= 11 is 0. The molecule has 0 spiro atoms. The maximum Gasteiger partial charge on any atom is 0.224 e. The van der Waals surface area contributed by atoms with Gasteiger partial charge in [-0.3, -0.25) is 9.59 Å². The Balaban J connectivity index is 1.59. The van der Waals surface area contributed by atoms with Crippen molar-refractivity contribution in [1.82, 2.24) is 20.2 Å². The molecule has 0 bridgehead atoms. The molecule has 1 aromatic rings. The Morgan fingerprint density at radius 1 is 1.53 bits per heavy atom. The van der Waals surface area contributed by atoms with E-state index in [-0.39, 0.29) is 23.8 Å². The summed E-state index contributed by atoms with van der Waals surface area (Å²) in [4.78, 5) is 32.7. The molecule has 102 valence electrons. The first-order valence-electron chi connectivity index (χ1n) is 6.69. The topological polar surface area (TPSA) is 78.1 Å². The van der Waals surface area contributed by atoms with Crippen LogP contribution in [0.3, 0.4) is 0 Å². The highest BCUT2D eigenvalue weighted by molar-refractivity contribution is 5.83. The molecule has 1 fully saturated rings. The quantitative estimate of drug-likeness (QED) is 0.779. The van der Waals surface area contributed by atoms with Gasteiger partial charge in [0, 0.05) is 38.0 Å². The maximum absolute atomic E-state index is 12.2. The molecule has 6 nitrogen and oxygen atoms in total. The van der Waals surface area contributed by atoms with Crippen molar-refractivity contribution in [3.05, 3.63) is 17.7 Å². The van der Waals surface area contributed by atoms with Crippen molar-refractivity contribution in [2.24, 2.45) is 5.92 Å². The Morgan fingerprint density at radius 2 is 2.37 bits per heavy atom. The first-order valence-corrected chi connectivity index (χ1v) is 6.69. The second kappa shape index (κ2) is 4.68. The molecular formula is C13H18N4O2. The summed E-state index contributed by atoms with van der Waals surface area (Å²) in [5.41, 5.74) is 2.16. The van der Waals surface area contributed by atoms with Crippen LogP contribution in [0.5, 0.6) is 0 Å². The molecule has 2 amide bonds. The molecule has 19 heavy (non-hydrogen) atoms. The second-order valence-electron chi connectivity index (χ2n) is 5.45. The van der Waals surface area contributed by atoms with E-state index in [1.165, 1.54) is 0 Å². The molecule has 3 rings (SSSR count). The van der Waals surface area contributed by atoms with Crippen LogP contribution in [0.15, 0.2) is 6.33 Å². The highest BCUT2D eigenvalue weighted by Gasteiger charge is 2.31. The number of nitrogens with one attached hydrogen (secondary N) is 2. The molecule has 0 aromatic carbocycles.